The number of rotatable bonds is 3. The van der Waals surface area contributed by atoms with Crippen molar-refractivity contribution < 1.29 is 4.79 Å². The van der Waals surface area contributed by atoms with Gasteiger partial charge in [-0.3, -0.25) is 4.79 Å². The average Bonchev–Trinajstić information content (AvgIpc) is 2.18. The smallest absolute Gasteiger partial charge is 0.223 e. The molecule has 0 atom stereocenters. The molecule has 14 heavy (non-hydrogen) atoms. The minimum atomic E-state index is 0.0774. The molecule has 0 bridgehead atoms. The van der Waals surface area contributed by atoms with Gasteiger partial charge in [-0.1, -0.05) is 31.5 Å². The first-order valence-electron chi connectivity index (χ1n) is 4.99. The summed E-state index contributed by atoms with van der Waals surface area (Å²) >= 11 is 0. The molecule has 0 aromatic heterocycles. The summed E-state index contributed by atoms with van der Waals surface area (Å²) in [7, 11) is 1.82. The minimum Gasteiger partial charge on any atom is -0.315 e. The molecule has 1 rings (SSSR count). The molecular weight excluding hydrogens is 174 g/mol. The van der Waals surface area contributed by atoms with Gasteiger partial charge in [0, 0.05) is 19.7 Å². The monoisotopic (exact) mass is 191 g/mol. The number of hydrogen-bond donors (Lipinski definition) is 0. The van der Waals surface area contributed by atoms with Crippen LogP contribution in [0.15, 0.2) is 24.3 Å². The highest BCUT2D eigenvalue weighted by Gasteiger charge is 2.08. The van der Waals surface area contributed by atoms with Gasteiger partial charge in [-0.2, -0.15) is 0 Å². The van der Waals surface area contributed by atoms with Crippen molar-refractivity contribution in [2.24, 2.45) is 0 Å². The van der Waals surface area contributed by atoms with Crippen molar-refractivity contribution in [2.45, 2.75) is 26.7 Å². The van der Waals surface area contributed by atoms with E-state index in [1.807, 2.05) is 25.2 Å². The number of carbonyl (C=O) groups is 1. The third kappa shape index (κ3) is 2.34. The van der Waals surface area contributed by atoms with Crippen molar-refractivity contribution in [3.8, 4) is 0 Å². The van der Waals surface area contributed by atoms with Crippen molar-refractivity contribution in [3.05, 3.63) is 29.8 Å². The summed E-state index contributed by atoms with van der Waals surface area (Å²) in [6, 6.07) is 8.06. The maximum atomic E-state index is 11.2. The highest BCUT2D eigenvalue weighted by atomic mass is 16.2. The molecule has 0 N–H and O–H groups in total. The highest BCUT2D eigenvalue weighted by Crippen LogP contribution is 2.20. The number of amides is 1. The minimum absolute atomic E-state index is 0.0774. The van der Waals surface area contributed by atoms with Crippen LogP contribution in [0.2, 0.25) is 0 Å². The fourth-order valence-electron chi connectivity index (χ4n) is 1.49. The number of anilines is 1. The first-order chi connectivity index (χ1) is 6.66. The van der Waals surface area contributed by atoms with E-state index in [4.69, 9.17) is 0 Å². The lowest BCUT2D eigenvalue weighted by Crippen LogP contribution is -2.23. The topological polar surface area (TPSA) is 20.3 Å². The molecule has 0 heterocycles. The van der Waals surface area contributed by atoms with E-state index in [0.717, 1.165) is 18.5 Å². The van der Waals surface area contributed by atoms with Crippen LogP contribution < -0.4 is 4.90 Å². The molecule has 0 unspecified atom stereocenters. The van der Waals surface area contributed by atoms with Crippen molar-refractivity contribution in [2.75, 3.05) is 11.9 Å². The fraction of sp³-hybridized carbons (Fsp3) is 0.417. The van der Waals surface area contributed by atoms with Gasteiger partial charge >= 0.3 is 0 Å². The third-order valence-electron chi connectivity index (χ3n) is 2.34. The van der Waals surface area contributed by atoms with E-state index in [-0.39, 0.29) is 5.91 Å². The molecule has 1 aromatic rings. The fourth-order valence-corrected chi connectivity index (χ4v) is 1.49. The van der Waals surface area contributed by atoms with Gasteiger partial charge in [-0.25, -0.2) is 0 Å². The Morgan fingerprint density at radius 1 is 1.36 bits per heavy atom. The Labute approximate surface area is 85.5 Å². The summed E-state index contributed by atoms with van der Waals surface area (Å²) in [5.41, 5.74) is 2.27. The molecule has 0 radical (unpaired) electrons. The van der Waals surface area contributed by atoms with Crippen LogP contribution in [0.4, 0.5) is 5.69 Å². The molecule has 1 amide bonds. The van der Waals surface area contributed by atoms with E-state index in [1.54, 1.807) is 11.8 Å². The molecule has 76 valence electrons. The van der Waals surface area contributed by atoms with E-state index in [9.17, 15) is 4.79 Å². The van der Waals surface area contributed by atoms with Crippen molar-refractivity contribution in [1.82, 2.24) is 0 Å². The lowest BCUT2D eigenvalue weighted by Gasteiger charge is -2.18. The molecule has 0 spiro atoms. The van der Waals surface area contributed by atoms with E-state index in [1.165, 1.54) is 5.56 Å². The lowest BCUT2D eigenvalue weighted by atomic mass is 10.1. The molecule has 0 saturated heterocycles. The largest absolute Gasteiger partial charge is 0.315 e. The summed E-state index contributed by atoms with van der Waals surface area (Å²) in [4.78, 5) is 12.9. The quantitative estimate of drug-likeness (QED) is 0.719. The Morgan fingerprint density at radius 3 is 2.57 bits per heavy atom. The second kappa shape index (κ2) is 4.80. The van der Waals surface area contributed by atoms with E-state index in [0.29, 0.717) is 0 Å². The number of benzene rings is 1. The molecule has 2 nitrogen and oxygen atoms in total. The van der Waals surface area contributed by atoms with Crippen LogP contribution in [0.3, 0.4) is 0 Å². The predicted octanol–water partition coefficient (Wildman–Crippen LogP) is 2.62. The van der Waals surface area contributed by atoms with Crippen LogP contribution in [-0.2, 0) is 11.2 Å². The SMILES string of the molecule is CCCc1ccccc1N(C)C(C)=O. The number of nitrogens with zero attached hydrogens (tertiary/aromatic N) is 1. The first kappa shape index (κ1) is 10.8. The summed E-state index contributed by atoms with van der Waals surface area (Å²) in [6.07, 6.45) is 2.12. The molecule has 2 heteroatoms. The van der Waals surface area contributed by atoms with E-state index >= 15 is 0 Å². The molecule has 1 aromatic carbocycles. The Hall–Kier alpha value is -1.31. The van der Waals surface area contributed by atoms with E-state index < -0.39 is 0 Å². The second-order valence-corrected chi connectivity index (χ2v) is 3.46. The third-order valence-corrected chi connectivity index (χ3v) is 2.34. The summed E-state index contributed by atoms with van der Waals surface area (Å²) < 4.78 is 0. The molecule has 0 aliphatic carbocycles. The normalized spacial score (nSPS) is 9.93. The van der Waals surface area contributed by atoms with E-state index in [2.05, 4.69) is 13.0 Å². The van der Waals surface area contributed by atoms with Gasteiger partial charge in [-0.05, 0) is 18.1 Å². The number of hydrogen-bond acceptors (Lipinski definition) is 1. The molecular formula is C12H17NO. The number of aryl methyl sites for hydroxylation is 1. The van der Waals surface area contributed by atoms with Crippen LogP contribution >= 0.6 is 0 Å². The van der Waals surface area contributed by atoms with Crippen molar-refractivity contribution in [3.63, 3.8) is 0 Å². The maximum absolute atomic E-state index is 11.2. The summed E-state index contributed by atoms with van der Waals surface area (Å²) in [5, 5.41) is 0. The van der Waals surface area contributed by atoms with Gasteiger partial charge < -0.3 is 4.90 Å². The molecule has 0 aliphatic rings. The molecule has 0 aliphatic heterocycles. The standard InChI is InChI=1S/C12H17NO/c1-4-7-11-8-5-6-9-12(11)13(3)10(2)14/h5-6,8-9H,4,7H2,1-3H3. The number of carbonyl (C=O) groups excluding carboxylic acids is 1. The zero-order valence-corrected chi connectivity index (χ0v) is 9.08. The Kier molecular flexibility index (Phi) is 3.69. The van der Waals surface area contributed by atoms with Gasteiger partial charge in [0.25, 0.3) is 0 Å². The van der Waals surface area contributed by atoms with Gasteiger partial charge in [0.2, 0.25) is 5.91 Å². The van der Waals surface area contributed by atoms with Gasteiger partial charge in [0.1, 0.15) is 0 Å². The Bertz CT molecular complexity index is 320. The maximum Gasteiger partial charge on any atom is 0.223 e. The second-order valence-electron chi connectivity index (χ2n) is 3.46. The predicted molar refractivity (Wildman–Crippen MR) is 59.5 cm³/mol. The van der Waals surface area contributed by atoms with Crippen LogP contribution in [0.25, 0.3) is 0 Å². The van der Waals surface area contributed by atoms with Crippen LogP contribution in [0, 0.1) is 0 Å². The van der Waals surface area contributed by atoms with Crippen molar-refractivity contribution >= 4 is 11.6 Å². The zero-order chi connectivity index (χ0) is 10.6. The number of para-hydroxylation sites is 1. The van der Waals surface area contributed by atoms with Crippen LogP contribution in [0.5, 0.6) is 0 Å². The van der Waals surface area contributed by atoms with Gasteiger partial charge in [0.05, 0.1) is 0 Å². The van der Waals surface area contributed by atoms with Crippen LogP contribution in [-0.4, -0.2) is 13.0 Å². The summed E-state index contributed by atoms with van der Waals surface area (Å²) in [5.74, 6) is 0.0774. The highest BCUT2D eigenvalue weighted by molar-refractivity contribution is 5.91. The van der Waals surface area contributed by atoms with Crippen LogP contribution in [0.1, 0.15) is 25.8 Å². The zero-order valence-electron chi connectivity index (χ0n) is 9.08. The molecule has 0 fully saturated rings. The Balaban J connectivity index is 3.00. The Morgan fingerprint density at radius 2 is 2.00 bits per heavy atom. The lowest BCUT2D eigenvalue weighted by molar-refractivity contribution is -0.116. The van der Waals surface area contributed by atoms with Gasteiger partial charge in [-0.15, -0.1) is 0 Å². The first-order valence-corrected chi connectivity index (χ1v) is 4.99. The van der Waals surface area contributed by atoms with Gasteiger partial charge in [0.15, 0.2) is 0 Å². The molecule has 0 saturated carbocycles. The van der Waals surface area contributed by atoms with Crippen molar-refractivity contribution in [1.29, 1.82) is 0 Å². The average molecular weight is 191 g/mol. The summed E-state index contributed by atoms with van der Waals surface area (Å²) in [6.45, 7) is 3.73.